The summed E-state index contributed by atoms with van der Waals surface area (Å²) < 4.78 is 0. The van der Waals surface area contributed by atoms with E-state index in [0.717, 1.165) is 52.4 Å². The van der Waals surface area contributed by atoms with Crippen LogP contribution < -0.4 is 0 Å². The van der Waals surface area contributed by atoms with Gasteiger partial charge in [-0.05, 0) is 54.5 Å². The van der Waals surface area contributed by atoms with Crippen molar-refractivity contribution in [1.82, 2.24) is 4.98 Å². The van der Waals surface area contributed by atoms with Crippen LogP contribution in [0.5, 0.6) is 5.88 Å². The summed E-state index contributed by atoms with van der Waals surface area (Å²) in [5.74, 6) is 0.706. The molecule has 0 saturated heterocycles. The molecule has 0 saturated carbocycles. The summed E-state index contributed by atoms with van der Waals surface area (Å²) in [6, 6.07) is 17.4. The molecule has 0 aliphatic heterocycles. The molecule has 1 aliphatic carbocycles. The Labute approximate surface area is 174 Å². The predicted molar refractivity (Wildman–Crippen MR) is 114 cm³/mol. The number of hydrogen-bond acceptors (Lipinski definition) is 4. The summed E-state index contributed by atoms with van der Waals surface area (Å²) in [5.41, 5.74) is 5.42. The van der Waals surface area contributed by atoms with Crippen LogP contribution in [-0.2, 0) is 18.6 Å². The first kappa shape index (κ1) is 18.9. The SMILES string of the molecule is N#Cc1ccccc1-c1c(O)nc(SCc2ccccc2Cl)c2c1CCCC2. The zero-order valence-corrected chi connectivity index (χ0v) is 16.9. The molecule has 1 aliphatic rings. The highest BCUT2D eigenvalue weighted by Gasteiger charge is 2.24. The van der Waals surface area contributed by atoms with E-state index in [2.05, 4.69) is 11.1 Å². The number of nitrogens with zero attached hydrogens (tertiary/aromatic N) is 2. The molecule has 0 amide bonds. The molecule has 0 radical (unpaired) electrons. The Bertz CT molecular complexity index is 1070. The molecule has 0 spiro atoms. The van der Waals surface area contributed by atoms with Crippen LogP contribution in [0.4, 0.5) is 0 Å². The minimum absolute atomic E-state index is 0.00464. The van der Waals surface area contributed by atoms with Crippen molar-refractivity contribution in [2.24, 2.45) is 0 Å². The molecule has 5 heteroatoms. The Morgan fingerprint density at radius 2 is 1.75 bits per heavy atom. The number of fused-ring (bicyclic) bond motifs is 1. The number of aromatic hydroxyl groups is 1. The van der Waals surface area contributed by atoms with Gasteiger partial charge in [0.2, 0.25) is 5.88 Å². The van der Waals surface area contributed by atoms with Gasteiger partial charge in [0.15, 0.2) is 0 Å². The summed E-state index contributed by atoms with van der Waals surface area (Å²) >= 11 is 7.90. The van der Waals surface area contributed by atoms with Crippen molar-refractivity contribution in [3.05, 3.63) is 75.8 Å². The molecule has 3 nitrogen and oxygen atoms in total. The third-order valence-corrected chi connectivity index (χ3v) is 6.53. The number of benzene rings is 2. The van der Waals surface area contributed by atoms with E-state index in [1.807, 2.05) is 42.5 Å². The second kappa shape index (κ2) is 8.26. The van der Waals surface area contributed by atoms with E-state index in [9.17, 15) is 10.4 Å². The van der Waals surface area contributed by atoms with Crippen LogP contribution in [0.3, 0.4) is 0 Å². The number of aromatic nitrogens is 1. The summed E-state index contributed by atoms with van der Waals surface area (Å²) in [6.45, 7) is 0. The highest BCUT2D eigenvalue weighted by Crippen LogP contribution is 2.42. The molecule has 4 rings (SSSR count). The molecule has 1 N–H and O–H groups in total. The maximum atomic E-state index is 10.8. The summed E-state index contributed by atoms with van der Waals surface area (Å²) in [6.07, 6.45) is 4.01. The molecule has 0 atom stereocenters. The average molecular weight is 407 g/mol. The minimum Gasteiger partial charge on any atom is -0.493 e. The number of thioether (sulfide) groups is 1. The summed E-state index contributed by atoms with van der Waals surface area (Å²) in [4.78, 5) is 4.55. The molecule has 3 aromatic rings. The van der Waals surface area contributed by atoms with E-state index in [-0.39, 0.29) is 5.88 Å². The largest absolute Gasteiger partial charge is 0.493 e. The van der Waals surface area contributed by atoms with Crippen LogP contribution in [0, 0.1) is 11.3 Å². The van der Waals surface area contributed by atoms with Gasteiger partial charge in [-0.25, -0.2) is 4.98 Å². The topological polar surface area (TPSA) is 56.9 Å². The van der Waals surface area contributed by atoms with Gasteiger partial charge in [0.25, 0.3) is 0 Å². The standard InChI is InChI=1S/C23H19ClN2OS/c24-20-12-6-2-8-16(20)14-28-23-19-11-5-4-10-18(19)21(22(27)26-23)17-9-3-1-7-15(17)13-25/h1-3,6-9,12H,4-5,10-11,14H2,(H,26,27). The minimum atomic E-state index is 0.00464. The summed E-state index contributed by atoms with van der Waals surface area (Å²) in [5, 5.41) is 21.9. The van der Waals surface area contributed by atoms with Crippen molar-refractivity contribution in [3.63, 3.8) is 0 Å². The predicted octanol–water partition coefficient (Wildman–Crippen LogP) is 6.15. The molecule has 1 aromatic heterocycles. The smallest absolute Gasteiger partial charge is 0.220 e. The lowest BCUT2D eigenvalue weighted by Gasteiger charge is -2.23. The maximum absolute atomic E-state index is 10.8. The first-order chi connectivity index (χ1) is 13.7. The van der Waals surface area contributed by atoms with Gasteiger partial charge in [-0.2, -0.15) is 5.26 Å². The number of rotatable bonds is 4. The van der Waals surface area contributed by atoms with Gasteiger partial charge < -0.3 is 5.11 Å². The van der Waals surface area contributed by atoms with Gasteiger partial charge >= 0.3 is 0 Å². The van der Waals surface area contributed by atoms with E-state index in [1.54, 1.807) is 17.8 Å². The second-order valence-electron chi connectivity index (χ2n) is 6.82. The first-order valence-corrected chi connectivity index (χ1v) is 10.7. The first-order valence-electron chi connectivity index (χ1n) is 9.29. The zero-order valence-electron chi connectivity index (χ0n) is 15.3. The fourth-order valence-corrected chi connectivity index (χ4v) is 5.11. The number of pyridine rings is 1. The molecule has 28 heavy (non-hydrogen) atoms. The van der Waals surface area contributed by atoms with Gasteiger partial charge in [0, 0.05) is 21.9 Å². The lowest BCUT2D eigenvalue weighted by Crippen LogP contribution is -2.09. The molecular formula is C23H19ClN2OS. The second-order valence-corrected chi connectivity index (χ2v) is 8.19. The Hall–Kier alpha value is -2.48. The molecule has 0 unspecified atom stereocenters. The molecule has 0 bridgehead atoms. The van der Waals surface area contributed by atoms with Crippen molar-refractivity contribution < 1.29 is 5.11 Å². The Morgan fingerprint density at radius 1 is 1.04 bits per heavy atom. The molecule has 140 valence electrons. The normalized spacial score (nSPS) is 13.0. The number of hydrogen-bond donors (Lipinski definition) is 1. The van der Waals surface area contributed by atoms with E-state index in [4.69, 9.17) is 11.6 Å². The third-order valence-electron chi connectivity index (χ3n) is 5.10. The van der Waals surface area contributed by atoms with Crippen LogP contribution in [0.2, 0.25) is 5.02 Å². The maximum Gasteiger partial charge on any atom is 0.220 e. The Morgan fingerprint density at radius 3 is 2.54 bits per heavy atom. The lowest BCUT2D eigenvalue weighted by molar-refractivity contribution is 0.447. The van der Waals surface area contributed by atoms with Gasteiger partial charge in [-0.15, -0.1) is 11.8 Å². The highest BCUT2D eigenvalue weighted by atomic mass is 35.5. The van der Waals surface area contributed by atoms with E-state index < -0.39 is 0 Å². The van der Waals surface area contributed by atoms with Gasteiger partial charge in [-0.1, -0.05) is 48.0 Å². The van der Waals surface area contributed by atoms with E-state index >= 15 is 0 Å². The molecule has 0 fully saturated rings. The van der Waals surface area contributed by atoms with Gasteiger partial charge in [0.1, 0.15) is 5.03 Å². The highest BCUT2D eigenvalue weighted by molar-refractivity contribution is 7.98. The number of nitriles is 1. The van der Waals surface area contributed by atoms with E-state index in [1.165, 1.54) is 5.56 Å². The fourth-order valence-electron chi connectivity index (χ4n) is 3.73. The molecule has 2 aromatic carbocycles. The monoisotopic (exact) mass is 406 g/mol. The van der Waals surface area contributed by atoms with Crippen molar-refractivity contribution in [3.8, 4) is 23.1 Å². The quantitative estimate of drug-likeness (QED) is 0.528. The Kier molecular flexibility index (Phi) is 5.57. The summed E-state index contributed by atoms with van der Waals surface area (Å²) in [7, 11) is 0. The number of halogens is 1. The van der Waals surface area contributed by atoms with Crippen LogP contribution in [0.1, 0.15) is 35.1 Å². The van der Waals surface area contributed by atoms with Crippen LogP contribution in [0.15, 0.2) is 53.6 Å². The fraction of sp³-hybridized carbons (Fsp3) is 0.217. The molecule has 1 heterocycles. The van der Waals surface area contributed by atoms with Crippen LogP contribution in [-0.4, -0.2) is 10.1 Å². The van der Waals surface area contributed by atoms with Crippen molar-refractivity contribution in [1.29, 1.82) is 5.26 Å². The lowest BCUT2D eigenvalue weighted by atomic mass is 9.86. The third kappa shape index (κ3) is 3.61. The Balaban J connectivity index is 1.78. The van der Waals surface area contributed by atoms with Gasteiger partial charge in [-0.3, -0.25) is 0 Å². The van der Waals surface area contributed by atoms with Crippen molar-refractivity contribution in [2.75, 3.05) is 0 Å². The van der Waals surface area contributed by atoms with Gasteiger partial charge in [0.05, 0.1) is 11.6 Å². The zero-order chi connectivity index (χ0) is 19.5. The van der Waals surface area contributed by atoms with Crippen molar-refractivity contribution in [2.45, 2.75) is 36.5 Å². The average Bonchev–Trinajstić information content (AvgIpc) is 2.73. The van der Waals surface area contributed by atoms with Crippen molar-refractivity contribution >= 4 is 23.4 Å². The van der Waals surface area contributed by atoms with E-state index in [0.29, 0.717) is 16.9 Å². The van der Waals surface area contributed by atoms with Crippen LogP contribution in [0.25, 0.3) is 11.1 Å². The van der Waals surface area contributed by atoms with Crippen LogP contribution >= 0.6 is 23.4 Å². The molecular weight excluding hydrogens is 388 g/mol.